The zero-order valence-corrected chi connectivity index (χ0v) is 7.63. The van der Waals surface area contributed by atoms with Crippen LogP contribution in [0.4, 0.5) is 0 Å². The molecule has 0 saturated heterocycles. The highest BCUT2D eigenvalue weighted by Gasteiger charge is 2.06. The highest BCUT2D eigenvalue weighted by molar-refractivity contribution is 6.41. The van der Waals surface area contributed by atoms with Crippen LogP contribution in [0.25, 0.3) is 0 Å². The standard InChI is InChI=1S/C9H13NO2/c1-5-12-9(11)8(10-4)6-7(2)3/h5-6H,1H2,2-4H3/b10-8-. The van der Waals surface area contributed by atoms with E-state index < -0.39 is 5.97 Å². The third-order valence-electron chi connectivity index (χ3n) is 1.07. The molecule has 3 nitrogen and oxygen atoms in total. The molecule has 0 radical (unpaired) electrons. The molecular weight excluding hydrogens is 154 g/mol. The lowest BCUT2D eigenvalue weighted by atomic mass is 10.2. The second kappa shape index (κ2) is 5.29. The van der Waals surface area contributed by atoms with Gasteiger partial charge in [0.15, 0.2) is 0 Å². The quantitative estimate of drug-likeness (QED) is 0.364. The van der Waals surface area contributed by atoms with E-state index in [0.717, 1.165) is 11.8 Å². The molecule has 0 bridgehead atoms. The van der Waals surface area contributed by atoms with Gasteiger partial charge in [0.1, 0.15) is 5.71 Å². The summed E-state index contributed by atoms with van der Waals surface area (Å²) in [5, 5.41) is 0. The molecule has 0 aromatic carbocycles. The number of allylic oxidation sites excluding steroid dienone is 1. The van der Waals surface area contributed by atoms with Crippen molar-refractivity contribution in [1.29, 1.82) is 0 Å². The summed E-state index contributed by atoms with van der Waals surface area (Å²) in [4.78, 5) is 14.8. The first-order chi connectivity index (χ1) is 5.61. The van der Waals surface area contributed by atoms with E-state index in [-0.39, 0.29) is 0 Å². The van der Waals surface area contributed by atoms with Crippen LogP contribution in [-0.2, 0) is 9.53 Å². The summed E-state index contributed by atoms with van der Waals surface area (Å²) in [6, 6.07) is 0. The van der Waals surface area contributed by atoms with Gasteiger partial charge in [0.25, 0.3) is 0 Å². The second-order valence-electron chi connectivity index (χ2n) is 2.40. The van der Waals surface area contributed by atoms with Gasteiger partial charge in [0.2, 0.25) is 0 Å². The van der Waals surface area contributed by atoms with Crippen molar-refractivity contribution in [2.75, 3.05) is 7.05 Å². The molecule has 0 aliphatic heterocycles. The normalized spacial score (nSPS) is 10.4. The number of carbonyl (C=O) groups is 1. The number of ether oxygens (including phenoxy) is 1. The lowest BCUT2D eigenvalue weighted by Gasteiger charge is -1.97. The van der Waals surface area contributed by atoms with Gasteiger partial charge in [-0.15, -0.1) is 0 Å². The van der Waals surface area contributed by atoms with Gasteiger partial charge in [-0.2, -0.15) is 0 Å². The van der Waals surface area contributed by atoms with Gasteiger partial charge in [-0.25, -0.2) is 4.79 Å². The number of aliphatic imine (C=N–C) groups is 1. The molecule has 0 spiro atoms. The molecule has 0 amide bonds. The van der Waals surface area contributed by atoms with Crippen molar-refractivity contribution in [3.63, 3.8) is 0 Å². The van der Waals surface area contributed by atoms with Crippen molar-refractivity contribution in [2.24, 2.45) is 4.99 Å². The SMILES string of the molecule is C=COC(=O)/C(C=C(C)C)=N\C. The Hall–Kier alpha value is -1.38. The van der Waals surface area contributed by atoms with E-state index in [4.69, 9.17) is 0 Å². The van der Waals surface area contributed by atoms with Crippen LogP contribution in [-0.4, -0.2) is 18.7 Å². The number of nitrogens with zero attached hydrogens (tertiary/aromatic N) is 1. The third kappa shape index (κ3) is 3.71. The highest BCUT2D eigenvalue weighted by Crippen LogP contribution is 1.94. The number of hydrogen-bond donors (Lipinski definition) is 0. The minimum Gasteiger partial charge on any atom is -0.430 e. The Morgan fingerprint density at radius 3 is 2.42 bits per heavy atom. The Morgan fingerprint density at radius 1 is 1.50 bits per heavy atom. The molecule has 0 rings (SSSR count). The molecule has 3 heteroatoms. The summed E-state index contributed by atoms with van der Waals surface area (Å²) in [6.45, 7) is 7.04. The van der Waals surface area contributed by atoms with Crippen molar-refractivity contribution in [1.82, 2.24) is 0 Å². The average molecular weight is 167 g/mol. The monoisotopic (exact) mass is 167 g/mol. The van der Waals surface area contributed by atoms with E-state index in [1.807, 2.05) is 13.8 Å². The molecule has 12 heavy (non-hydrogen) atoms. The number of carbonyl (C=O) groups excluding carboxylic acids is 1. The van der Waals surface area contributed by atoms with Crippen molar-refractivity contribution >= 4 is 11.7 Å². The molecule has 0 saturated carbocycles. The fraction of sp³-hybridized carbons (Fsp3) is 0.333. The van der Waals surface area contributed by atoms with Gasteiger partial charge in [-0.05, 0) is 19.9 Å². The highest BCUT2D eigenvalue weighted by atomic mass is 16.5. The molecular formula is C9H13NO2. The molecule has 0 unspecified atom stereocenters. The van der Waals surface area contributed by atoms with E-state index in [2.05, 4.69) is 16.3 Å². The molecule has 0 aromatic heterocycles. The van der Waals surface area contributed by atoms with Crippen LogP contribution in [0.15, 0.2) is 29.5 Å². The number of rotatable bonds is 3. The van der Waals surface area contributed by atoms with Gasteiger partial charge in [-0.1, -0.05) is 12.2 Å². The van der Waals surface area contributed by atoms with Crippen LogP contribution in [0.3, 0.4) is 0 Å². The lowest BCUT2D eigenvalue weighted by molar-refractivity contribution is -0.130. The molecule has 0 aliphatic rings. The van der Waals surface area contributed by atoms with Crippen molar-refractivity contribution in [3.05, 3.63) is 24.5 Å². The molecule has 0 aromatic rings. The Bertz CT molecular complexity index is 235. The summed E-state index contributed by atoms with van der Waals surface area (Å²) in [6.07, 6.45) is 2.75. The van der Waals surface area contributed by atoms with Crippen molar-refractivity contribution in [2.45, 2.75) is 13.8 Å². The van der Waals surface area contributed by atoms with Crippen LogP contribution < -0.4 is 0 Å². The third-order valence-corrected chi connectivity index (χ3v) is 1.07. The first-order valence-electron chi connectivity index (χ1n) is 3.55. The van der Waals surface area contributed by atoms with Gasteiger partial charge < -0.3 is 4.74 Å². The van der Waals surface area contributed by atoms with Crippen molar-refractivity contribution < 1.29 is 9.53 Å². The fourth-order valence-electron chi connectivity index (χ4n) is 0.624. The number of hydrogen-bond acceptors (Lipinski definition) is 3. The Labute approximate surface area is 72.4 Å². The molecule has 0 N–H and O–H groups in total. The second-order valence-corrected chi connectivity index (χ2v) is 2.40. The van der Waals surface area contributed by atoms with Gasteiger partial charge >= 0.3 is 5.97 Å². The van der Waals surface area contributed by atoms with E-state index >= 15 is 0 Å². The maximum absolute atomic E-state index is 11.0. The van der Waals surface area contributed by atoms with Crippen LogP contribution >= 0.6 is 0 Å². The molecule has 0 aliphatic carbocycles. The predicted octanol–water partition coefficient (Wildman–Crippen LogP) is 1.71. The summed E-state index contributed by atoms with van der Waals surface area (Å²) in [7, 11) is 1.54. The van der Waals surface area contributed by atoms with Gasteiger partial charge in [-0.3, -0.25) is 4.99 Å². The Morgan fingerprint density at radius 2 is 2.08 bits per heavy atom. The molecule has 0 fully saturated rings. The van der Waals surface area contributed by atoms with Crippen LogP contribution in [0.1, 0.15) is 13.8 Å². The van der Waals surface area contributed by atoms with Gasteiger partial charge in [0.05, 0.1) is 6.26 Å². The van der Waals surface area contributed by atoms with Crippen LogP contribution in [0.2, 0.25) is 0 Å². The maximum Gasteiger partial charge on any atom is 0.361 e. The van der Waals surface area contributed by atoms with E-state index in [1.54, 1.807) is 13.1 Å². The molecule has 66 valence electrons. The summed E-state index contributed by atoms with van der Waals surface area (Å²) >= 11 is 0. The maximum atomic E-state index is 11.0. The number of esters is 1. The zero-order valence-electron chi connectivity index (χ0n) is 7.63. The van der Waals surface area contributed by atoms with Crippen LogP contribution in [0.5, 0.6) is 0 Å². The van der Waals surface area contributed by atoms with Crippen molar-refractivity contribution in [3.8, 4) is 0 Å². The predicted molar refractivity (Wildman–Crippen MR) is 49.1 cm³/mol. The Kier molecular flexibility index (Phi) is 4.69. The van der Waals surface area contributed by atoms with E-state index in [1.165, 1.54) is 0 Å². The minimum atomic E-state index is -0.478. The average Bonchev–Trinajstić information content (AvgIpc) is 2.00. The first-order valence-corrected chi connectivity index (χ1v) is 3.55. The topological polar surface area (TPSA) is 38.7 Å². The zero-order chi connectivity index (χ0) is 9.56. The smallest absolute Gasteiger partial charge is 0.361 e. The van der Waals surface area contributed by atoms with E-state index in [0.29, 0.717) is 5.71 Å². The van der Waals surface area contributed by atoms with Crippen LogP contribution in [0, 0.1) is 0 Å². The minimum absolute atomic E-state index is 0.301. The fourth-order valence-corrected chi connectivity index (χ4v) is 0.624. The summed E-state index contributed by atoms with van der Waals surface area (Å²) in [5.74, 6) is -0.478. The molecule has 0 atom stereocenters. The lowest BCUT2D eigenvalue weighted by Crippen LogP contribution is -2.12. The molecule has 0 heterocycles. The van der Waals surface area contributed by atoms with Gasteiger partial charge in [0, 0.05) is 7.05 Å². The summed E-state index contributed by atoms with van der Waals surface area (Å²) in [5.41, 5.74) is 1.30. The largest absolute Gasteiger partial charge is 0.430 e. The summed E-state index contributed by atoms with van der Waals surface area (Å²) < 4.78 is 4.55. The Balaban J connectivity index is 4.48. The first kappa shape index (κ1) is 10.6. The van der Waals surface area contributed by atoms with E-state index in [9.17, 15) is 4.79 Å².